The molecule has 0 unspecified atom stereocenters. The molecule has 0 atom stereocenters. The smallest absolute Gasteiger partial charge is 0.336 e. The zero-order chi connectivity index (χ0) is 15.4. The van der Waals surface area contributed by atoms with Gasteiger partial charge in [0.15, 0.2) is 5.78 Å². The Morgan fingerprint density at radius 2 is 1.38 bits per heavy atom. The third-order valence-electron chi connectivity index (χ3n) is 3.14. The Morgan fingerprint density at radius 3 is 1.90 bits per heavy atom. The fraction of sp³-hybridized carbons (Fsp3) is 0.125. The van der Waals surface area contributed by atoms with Gasteiger partial charge in [-0.15, -0.1) is 0 Å². The van der Waals surface area contributed by atoms with Crippen LogP contribution in [0.1, 0.15) is 37.4 Å². The lowest BCUT2D eigenvalue weighted by Gasteiger charge is -2.08. The van der Waals surface area contributed by atoms with E-state index in [1.807, 2.05) is 0 Å². The van der Waals surface area contributed by atoms with E-state index in [2.05, 4.69) is 0 Å². The molecule has 0 fully saturated rings. The number of hydrogen-bond acceptors (Lipinski definition) is 4. The van der Waals surface area contributed by atoms with Crippen molar-refractivity contribution in [3.63, 3.8) is 0 Å². The highest BCUT2D eigenvalue weighted by Gasteiger charge is 2.18. The van der Waals surface area contributed by atoms with Crippen molar-refractivity contribution in [2.75, 3.05) is 0 Å². The average Bonchev–Trinajstić information content (AvgIpc) is 2.53. The molecule has 2 aromatic rings. The summed E-state index contributed by atoms with van der Waals surface area (Å²) >= 11 is 0. The highest BCUT2D eigenvalue weighted by Crippen LogP contribution is 2.18. The largest absolute Gasteiger partial charge is 0.478 e. The van der Waals surface area contributed by atoms with Crippen LogP contribution < -0.4 is 0 Å². The fourth-order valence-corrected chi connectivity index (χ4v) is 1.98. The lowest BCUT2D eigenvalue weighted by atomic mass is 9.96. The molecule has 5 heteroatoms. The minimum Gasteiger partial charge on any atom is -0.478 e. The SMILES string of the molecule is O=C(O)c1ccc(CO)cc1C(=O)c1ccc(CO)cc1. The highest BCUT2D eigenvalue weighted by molar-refractivity contribution is 6.14. The van der Waals surface area contributed by atoms with Gasteiger partial charge in [0.2, 0.25) is 0 Å². The maximum Gasteiger partial charge on any atom is 0.336 e. The van der Waals surface area contributed by atoms with Crippen molar-refractivity contribution in [1.82, 2.24) is 0 Å². The van der Waals surface area contributed by atoms with Crippen molar-refractivity contribution in [3.05, 3.63) is 70.3 Å². The summed E-state index contributed by atoms with van der Waals surface area (Å²) < 4.78 is 0. The molecule has 0 aliphatic heterocycles. The van der Waals surface area contributed by atoms with Crippen LogP contribution in [-0.4, -0.2) is 27.1 Å². The topological polar surface area (TPSA) is 94.8 Å². The van der Waals surface area contributed by atoms with Crippen LogP contribution in [0.5, 0.6) is 0 Å². The van der Waals surface area contributed by atoms with E-state index in [-0.39, 0.29) is 24.3 Å². The quantitative estimate of drug-likeness (QED) is 0.726. The third-order valence-corrected chi connectivity index (χ3v) is 3.14. The van der Waals surface area contributed by atoms with Crippen LogP contribution in [0.2, 0.25) is 0 Å². The number of aliphatic hydroxyl groups is 2. The van der Waals surface area contributed by atoms with Crippen molar-refractivity contribution in [3.8, 4) is 0 Å². The van der Waals surface area contributed by atoms with Crippen LogP contribution in [0, 0.1) is 0 Å². The summed E-state index contributed by atoms with van der Waals surface area (Å²) in [6, 6.07) is 10.4. The Bertz CT molecular complexity index is 674. The molecule has 0 amide bonds. The minimum atomic E-state index is -1.20. The summed E-state index contributed by atoms with van der Waals surface area (Å²) in [5.74, 6) is -1.64. The molecule has 0 heterocycles. The number of benzene rings is 2. The predicted molar refractivity (Wildman–Crippen MR) is 75.1 cm³/mol. The van der Waals surface area contributed by atoms with E-state index in [0.717, 1.165) is 0 Å². The molecular formula is C16H14O5. The molecule has 0 bridgehead atoms. The van der Waals surface area contributed by atoms with Crippen molar-refractivity contribution in [2.24, 2.45) is 0 Å². The maximum atomic E-state index is 12.4. The molecule has 5 nitrogen and oxygen atoms in total. The van der Waals surface area contributed by atoms with Gasteiger partial charge in [-0.3, -0.25) is 4.79 Å². The van der Waals surface area contributed by atoms with Crippen LogP contribution in [-0.2, 0) is 13.2 Å². The van der Waals surface area contributed by atoms with E-state index in [9.17, 15) is 9.59 Å². The molecule has 0 aliphatic carbocycles. The van der Waals surface area contributed by atoms with Gasteiger partial charge in [0.05, 0.1) is 18.8 Å². The van der Waals surface area contributed by atoms with E-state index < -0.39 is 11.8 Å². The molecule has 0 saturated carbocycles. The zero-order valence-corrected chi connectivity index (χ0v) is 11.1. The number of carboxylic acid groups (broad SMARTS) is 1. The molecule has 0 saturated heterocycles. The molecule has 0 aliphatic rings. The lowest BCUT2D eigenvalue weighted by molar-refractivity contribution is 0.0692. The standard InChI is InChI=1S/C16H14O5/c17-8-10-1-4-12(5-2-10)15(19)14-7-11(9-18)3-6-13(14)16(20)21/h1-7,17-18H,8-9H2,(H,20,21). The molecule has 2 aromatic carbocycles. The van der Waals surface area contributed by atoms with Crippen molar-refractivity contribution in [2.45, 2.75) is 13.2 Å². The summed E-state index contributed by atoms with van der Waals surface area (Å²) in [4.78, 5) is 23.6. The maximum absolute atomic E-state index is 12.4. The van der Waals surface area contributed by atoms with Crippen molar-refractivity contribution >= 4 is 11.8 Å². The van der Waals surface area contributed by atoms with Crippen LogP contribution in [0.3, 0.4) is 0 Å². The average molecular weight is 286 g/mol. The zero-order valence-electron chi connectivity index (χ0n) is 11.1. The van der Waals surface area contributed by atoms with Gasteiger partial charge in [0, 0.05) is 11.1 Å². The summed E-state index contributed by atoms with van der Waals surface area (Å²) in [5, 5.41) is 27.3. The fourth-order valence-electron chi connectivity index (χ4n) is 1.98. The van der Waals surface area contributed by atoms with Gasteiger partial charge in [0.25, 0.3) is 0 Å². The van der Waals surface area contributed by atoms with Crippen LogP contribution in [0.15, 0.2) is 42.5 Å². The van der Waals surface area contributed by atoms with E-state index >= 15 is 0 Å². The number of aromatic carboxylic acids is 1. The van der Waals surface area contributed by atoms with Gasteiger partial charge < -0.3 is 15.3 Å². The number of rotatable bonds is 5. The van der Waals surface area contributed by atoms with E-state index in [1.54, 1.807) is 12.1 Å². The first kappa shape index (κ1) is 14.9. The minimum absolute atomic E-state index is 0.0331. The summed E-state index contributed by atoms with van der Waals surface area (Å²) in [5.41, 5.74) is 1.38. The van der Waals surface area contributed by atoms with Gasteiger partial charge in [0.1, 0.15) is 0 Å². The molecule has 2 rings (SSSR count). The Hall–Kier alpha value is -2.50. The van der Waals surface area contributed by atoms with E-state index in [4.69, 9.17) is 15.3 Å². The molecule has 21 heavy (non-hydrogen) atoms. The third kappa shape index (κ3) is 3.16. The molecule has 0 radical (unpaired) electrons. The second kappa shape index (κ2) is 6.30. The van der Waals surface area contributed by atoms with Gasteiger partial charge in [-0.25, -0.2) is 4.79 Å². The molecular weight excluding hydrogens is 272 g/mol. The van der Waals surface area contributed by atoms with Crippen LogP contribution >= 0.6 is 0 Å². The summed E-state index contributed by atoms with van der Waals surface area (Å²) in [6.45, 7) is -0.404. The first-order valence-corrected chi connectivity index (χ1v) is 6.28. The number of carboxylic acids is 1. The first-order chi connectivity index (χ1) is 10.1. The number of carbonyl (C=O) groups is 2. The predicted octanol–water partition coefficient (Wildman–Crippen LogP) is 1.60. The van der Waals surface area contributed by atoms with Gasteiger partial charge in [-0.1, -0.05) is 30.3 Å². The molecule has 3 N–H and O–H groups in total. The van der Waals surface area contributed by atoms with Gasteiger partial charge in [-0.2, -0.15) is 0 Å². The number of carbonyl (C=O) groups excluding carboxylic acids is 1. The Kier molecular flexibility index (Phi) is 4.47. The normalized spacial score (nSPS) is 10.4. The number of aliphatic hydroxyl groups excluding tert-OH is 2. The second-order valence-corrected chi connectivity index (χ2v) is 4.53. The van der Waals surface area contributed by atoms with Crippen molar-refractivity contribution < 1.29 is 24.9 Å². The molecule has 0 spiro atoms. The number of hydrogen-bond donors (Lipinski definition) is 3. The van der Waals surface area contributed by atoms with E-state index in [0.29, 0.717) is 16.7 Å². The molecule has 108 valence electrons. The Labute approximate surface area is 121 Å². The highest BCUT2D eigenvalue weighted by atomic mass is 16.4. The van der Waals surface area contributed by atoms with Gasteiger partial charge in [-0.05, 0) is 23.3 Å². The second-order valence-electron chi connectivity index (χ2n) is 4.53. The summed E-state index contributed by atoms with van der Waals surface area (Å²) in [7, 11) is 0. The van der Waals surface area contributed by atoms with Crippen LogP contribution in [0.25, 0.3) is 0 Å². The van der Waals surface area contributed by atoms with Crippen molar-refractivity contribution in [1.29, 1.82) is 0 Å². The van der Waals surface area contributed by atoms with Gasteiger partial charge >= 0.3 is 5.97 Å². The summed E-state index contributed by atoms with van der Waals surface area (Å²) in [6.07, 6.45) is 0. The molecule has 0 aromatic heterocycles. The Morgan fingerprint density at radius 1 is 0.810 bits per heavy atom. The lowest BCUT2D eigenvalue weighted by Crippen LogP contribution is -2.10. The monoisotopic (exact) mass is 286 g/mol. The first-order valence-electron chi connectivity index (χ1n) is 6.28. The van der Waals surface area contributed by atoms with Crippen LogP contribution in [0.4, 0.5) is 0 Å². The Balaban J connectivity index is 2.47. The van der Waals surface area contributed by atoms with E-state index in [1.165, 1.54) is 30.3 Å². The number of ketones is 1.